The number of rotatable bonds is 6. The van der Waals surface area contributed by atoms with Crippen LogP contribution in [0.2, 0.25) is 10.0 Å². The number of nitrogens with zero attached hydrogens (tertiary/aromatic N) is 2. The summed E-state index contributed by atoms with van der Waals surface area (Å²) in [4.78, 5) is 21.8. The van der Waals surface area contributed by atoms with Crippen molar-refractivity contribution in [3.05, 3.63) is 49.4 Å². The number of thiazole rings is 1. The minimum Gasteiger partial charge on any atom is -0.355 e. The van der Waals surface area contributed by atoms with Gasteiger partial charge in [0.15, 0.2) is 5.96 Å². The van der Waals surface area contributed by atoms with E-state index in [1.165, 1.54) is 4.88 Å². The van der Waals surface area contributed by atoms with Gasteiger partial charge < -0.3 is 16.0 Å². The van der Waals surface area contributed by atoms with Gasteiger partial charge in [-0.05, 0) is 32.0 Å². The van der Waals surface area contributed by atoms with Crippen LogP contribution >= 0.6 is 34.5 Å². The van der Waals surface area contributed by atoms with Crippen LogP contribution in [0.1, 0.15) is 25.9 Å². The molecule has 0 bridgehead atoms. The van der Waals surface area contributed by atoms with E-state index >= 15 is 0 Å². The molecule has 3 N–H and O–H groups in total. The van der Waals surface area contributed by atoms with Gasteiger partial charge in [0.1, 0.15) is 0 Å². The van der Waals surface area contributed by atoms with Crippen molar-refractivity contribution in [2.45, 2.75) is 20.4 Å². The lowest BCUT2D eigenvalue weighted by Crippen LogP contribution is -2.41. The van der Waals surface area contributed by atoms with E-state index in [1.807, 2.05) is 13.8 Å². The number of halogens is 2. The standard InChI is InChI=1S/C17H21Cl2N5OS/c1-10-15(26-11(2)24-10)9-23-17(20-3)22-7-6-21-16(25)12-4-5-13(18)14(19)8-12/h4-5,8H,6-7,9H2,1-3H3,(H,21,25)(H2,20,22,23). The molecule has 0 aliphatic heterocycles. The molecule has 0 radical (unpaired) electrons. The highest BCUT2D eigenvalue weighted by atomic mass is 35.5. The predicted molar refractivity (Wildman–Crippen MR) is 109 cm³/mol. The monoisotopic (exact) mass is 413 g/mol. The third-order valence-electron chi connectivity index (χ3n) is 3.52. The molecule has 0 aliphatic carbocycles. The summed E-state index contributed by atoms with van der Waals surface area (Å²) in [6, 6.07) is 4.79. The summed E-state index contributed by atoms with van der Waals surface area (Å²) in [5.41, 5.74) is 1.50. The number of aliphatic imine (C=N–C) groups is 1. The van der Waals surface area contributed by atoms with Crippen molar-refractivity contribution in [3.63, 3.8) is 0 Å². The van der Waals surface area contributed by atoms with Crippen LogP contribution in [0.3, 0.4) is 0 Å². The second-order valence-corrected chi connectivity index (χ2v) is 7.58. The number of nitrogens with one attached hydrogen (secondary N) is 3. The number of aryl methyl sites for hydroxylation is 2. The Kier molecular flexibility index (Phi) is 7.68. The first-order chi connectivity index (χ1) is 12.4. The summed E-state index contributed by atoms with van der Waals surface area (Å²) in [7, 11) is 1.70. The minimum atomic E-state index is -0.205. The van der Waals surface area contributed by atoms with Crippen LogP contribution in [-0.2, 0) is 6.54 Å². The number of carbonyl (C=O) groups is 1. The zero-order valence-corrected chi connectivity index (χ0v) is 17.1. The summed E-state index contributed by atoms with van der Waals surface area (Å²) >= 11 is 13.4. The largest absolute Gasteiger partial charge is 0.355 e. The zero-order chi connectivity index (χ0) is 19.1. The lowest BCUT2D eigenvalue weighted by atomic mass is 10.2. The van der Waals surface area contributed by atoms with E-state index < -0.39 is 0 Å². The average molecular weight is 414 g/mol. The molecule has 140 valence electrons. The SMILES string of the molecule is CN=C(NCCNC(=O)c1ccc(Cl)c(Cl)c1)NCc1sc(C)nc1C. The van der Waals surface area contributed by atoms with E-state index in [-0.39, 0.29) is 5.91 Å². The van der Waals surface area contributed by atoms with Gasteiger partial charge in [0.25, 0.3) is 5.91 Å². The first-order valence-corrected chi connectivity index (χ1v) is 9.58. The van der Waals surface area contributed by atoms with Crippen molar-refractivity contribution >= 4 is 46.4 Å². The second kappa shape index (κ2) is 9.75. The second-order valence-electron chi connectivity index (χ2n) is 5.48. The summed E-state index contributed by atoms with van der Waals surface area (Å²) in [5.74, 6) is 0.461. The smallest absolute Gasteiger partial charge is 0.251 e. The van der Waals surface area contributed by atoms with Crippen molar-refractivity contribution in [2.24, 2.45) is 4.99 Å². The molecule has 1 aromatic heterocycles. The topological polar surface area (TPSA) is 78.4 Å². The fraction of sp³-hybridized carbons (Fsp3) is 0.353. The van der Waals surface area contributed by atoms with E-state index in [2.05, 4.69) is 25.9 Å². The molecule has 6 nitrogen and oxygen atoms in total. The van der Waals surface area contributed by atoms with Crippen LogP contribution in [0, 0.1) is 13.8 Å². The van der Waals surface area contributed by atoms with Crippen molar-refractivity contribution in [3.8, 4) is 0 Å². The molecule has 9 heteroatoms. The molecule has 0 fully saturated rings. The van der Waals surface area contributed by atoms with Gasteiger partial charge in [-0.2, -0.15) is 0 Å². The van der Waals surface area contributed by atoms with Gasteiger partial charge in [-0.1, -0.05) is 23.2 Å². The van der Waals surface area contributed by atoms with Gasteiger partial charge in [-0.25, -0.2) is 4.98 Å². The number of guanidine groups is 1. The quantitative estimate of drug-likeness (QED) is 0.386. The number of benzene rings is 1. The lowest BCUT2D eigenvalue weighted by molar-refractivity contribution is 0.0954. The Morgan fingerprint density at radius 2 is 1.88 bits per heavy atom. The Balaban J connectivity index is 1.74. The average Bonchev–Trinajstić information content (AvgIpc) is 2.93. The maximum atomic E-state index is 12.1. The maximum Gasteiger partial charge on any atom is 0.251 e. The molecule has 1 aromatic carbocycles. The number of hydrogen-bond donors (Lipinski definition) is 3. The molecule has 26 heavy (non-hydrogen) atoms. The number of aromatic nitrogens is 1. The van der Waals surface area contributed by atoms with E-state index in [0.29, 0.717) is 41.2 Å². The Labute approximate surface area is 167 Å². The Hall–Kier alpha value is -1.83. The first kappa shape index (κ1) is 20.5. The highest BCUT2D eigenvalue weighted by molar-refractivity contribution is 7.11. The summed E-state index contributed by atoms with van der Waals surface area (Å²) in [6.45, 7) is 5.62. The van der Waals surface area contributed by atoms with Crippen molar-refractivity contribution < 1.29 is 4.79 Å². The van der Waals surface area contributed by atoms with Gasteiger partial charge in [0, 0.05) is 30.6 Å². The van der Waals surface area contributed by atoms with Crippen molar-refractivity contribution in [1.82, 2.24) is 20.9 Å². The molecule has 0 atom stereocenters. The first-order valence-electron chi connectivity index (χ1n) is 8.01. The van der Waals surface area contributed by atoms with Crippen molar-refractivity contribution in [1.29, 1.82) is 0 Å². The molecule has 2 aromatic rings. The zero-order valence-electron chi connectivity index (χ0n) is 14.8. The molecular formula is C17H21Cl2N5OS. The molecule has 2 rings (SSSR count). The van der Waals surface area contributed by atoms with Gasteiger partial charge in [-0.3, -0.25) is 9.79 Å². The van der Waals surface area contributed by atoms with E-state index in [9.17, 15) is 4.79 Å². The molecular weight excluding hydrogens is 393 g/mol. The highest BCUT2D eigenvalue weighted by Gasteiger charge is 2.08. The molecule has 1 heterocycles. The highest BCUT2D eigenvalue weighted by Crippen LogP contribution is 2.22. The maximum absolute atomic E-state index is 12.1. The van der Waals surface area contributed by atoms with Crippen LogP contribution in [0.4, 0.5) is 0 Å². The molecule has 1 amide bonds. The Bertz CT molecular complexity index is 806. The predicted octanol–water partition coefficient (Wildman–Crippen LogP) is 3.16. The number of hydrogen-bond acceptors (Lipinski definition) is 4. The third kappa shape index (κ3) is 5.86. The summed E-state index contributed by atoms with van der Waals surface area (Å²) in [5, 5.41) is 11.0. The van der Waals surface area contributed by atoms with Crippen molar-refractivity contribution in [2.75, 3.05) is 20.1 Å². The third-order valence-corrected chi connectivity index (χ3v) is 5.34. The van der Waals surface area contributed by atoms with E-state index in [1.54, 1.807) is 36.6 Å². The van der Waals surface area contributed by atoms with Gasteiger partial charge in [0.2, 0.25) is 0 Å². The lowest BCUT2D eigenvalue weighted by Gasteiger charge is -2.12. The molecule has 0 saturated heterocycles. The summed E-state index contributed by atoms with van der Waals surface area (Å²) in [6.07, 6.45) is 0. The normalized spacial score (nSPS) is 11.3. The van der Waals surface area contributed by atoms with Crippen LogP contribution < -0.4 is 16.0 Å². The fourth-order valence-corrected chi connectivity index (χ4v) is 3.39. The van der Waals surface area contributed by atoms with Crippen LogP contribution in [0.25, 0.3) is 0 Å². The molecule has 0 unspecified atom stereocenters. The summed E-state index contributed by atoms with van der Waals surface area (Å²) < 4.78 is 0. The molecule has 0 aliphatic rings. The van der Waals surface area contributed by atoms with E-state index in [4.69, 9.17) is 23.2 Å². The van der Waals surface area contributed by atoms with Crippen LogP contribution in [0.5, 0.6) is 0 Å². The Morgan fingerprint density at radius 1 is 1.15 bits per heavy atom. The molecule has 0 saturated carbocycles. The van der Waals surface area contributed by atoms with Gasteiger partial charge in [0.05, 0.1) is 27.3 Å². The van der Waals surface area contributed by atoms with E-state index in [0.717, 1.165) is 10.7 Å². The number of amides is 1. The molecule has 0 spiro atoms. The fourth-order valence-electron chi connectivity index (χ4n) is 2.22. The van der Waals surface area contributed by atoms with Crippen LogP contribution in [0.15, 0.2) is 23.2 Å². The van der Waals surface area contributed by atoms with Gasteiger partial charge in [-0.15, -0.1) is 11.3 Å². The minimum absolute atomic E-state index is 0.205. The number of carbonyl (C=O) groups excluding carboxylic acids is 1. The Morgan fingerprint density at radius 3 is 2.50 bits per heavy atom. The van der Waals surface area contributed by atoms with Gasteiger partial charge >= 0.3 is 0 Å². The van der Waals surface area contributed by atoms with Crippen LogP contribution in [-0.4, -0.2) is 37.0 Å².